The molecule has 0 aromatic heterocycles. The van der Waals surface area contributed by atoms with Crippen molar-refractivity contribution >= 4 is 8.03 Å². The number of unbranched alkanes of at least 4 members (excludes halogenated alkanes) is 1. The van der Waals surface area contributed by atoms with Crippen LogP contribution in [0.5, 0.6) is 0 Å². The van der Waals surface area contributed by atoms with Crippen molar-refractivity contribution in [2.75, 3.05) is 6.61 Å². The molecule has 2 unspecified atom stereocenters. The van der Waals surface area contributed by atoms with Gasteiger partial charge >= 0.3 is 0 Å². The number of hydrogen-bond donors (Lipinski definition) is 1. The van der Waals surface area contributed by atoms with E-state index < -0.39 is 13.9 Å². The van der Waals surface area contributed by atoms with Crippen LogP contribution >= 0.6 is 8.03 Å². The van der Waals surface area contributed by atoms with Gasteiger partial charge in [-0.25, -0.2) is 0 Å². The first kappa shape index (κ1) is 10.2. The molecule has 0 aromatic rings. The van der Waals surface area contributed by atoms with Gasteiger partial charge in [0.15, 0.2) is 0 Å². The van der Waals surface area contributed by atoms with E-state index in [9.17, 15) is 4.57 Å². The molecule has 0 rings (SSSR count). The Morgan fingerprint density at radius 1 is 1.70 bits per heavy atom. The van der Waals surface area contributed by atoms with Gasteiger partial charge in [-0.1, -0.05) is 13.3 Å². The highest BCUT2D eigenvalue weighted by atomic mass is 31.1. The van der Waals surface area contributed by atoms with E-state index in [4.69, 9.17) is 9.63 Å². The summed E-state index contributed by atoms with van der Waals surface area (Å²) in [5, 5.41) is 8.73. The fourth-order valence-electron chi connectivity index (χ4n) is 0.438. The number of rotatable bonds is 5. The summed E-state index contributed by atoms with van der Waals surface area (Å²) in [6.07, 6.45) is 1.93. The monoisotopic (exact) mass is 166 g/mol. The lowest BCUT2D eigenvalue weighted by molar-refractivity contribution is 0.230. The second-order valence-electron chi connectivity index (χ2n) is 2.20. The second-order valence-corrected chi connectivity index (χ2v) is 3.96. The third-order valence-corrected chi connectivity index (χ3v) is 2.25. The van der Waals surface area contributed by atoms with Crippen LogP contribution in [-0.2, 0) is 9.09 Å². The van der Waals surface area contributed by atoms with E-state index in [1.807, 2.05) is 6.92 Å². The minimum Gasteiger partial charge on any atom is -0.384 e. The summed E-state index contributed by atoms with van der Waals surface area (Å²) in [5.74, 6) is -0.804. The highest BCUT2D eigenvalue weighted by Crippen LogP contribution is 2.26. The average molecular weight is 166 g/mol. The predicted molar refractivity (Wildman–Crippen MR) is 41.5 cm³/mol. The van der Waals surface area contributed by atoms with Crippen LogP contribution < -0.4 is 0 Å². The normalized spacial score (nSPS) is 16.7. The molecule has 0 aromatic carbocycles. The summed E-state index contributed by atoms with van der Waals surface area (Å²) < 4.78 is 15.6. The van der Waals surface area contributed by atoms with E-state index in [1.54, 1.807) is 0 Å². The molecule has 4 heteroatoms. The molecule has 10 heavy (non-hydrogen) atoms. The lowest BCUT2D eigenvalue weighted by Crippen LogP contribution is -1.95. The SMILES string of the molecule is CCCCO[PH](=O)C(C)O. The molecule has 0 aliphatic heterocycles. The van der Waals surface area contributed by atoms with Crippen LogP contribution in [0.4, 0.5) is 0 Å². The van der Waals surface area contributed by atoms with Crippen molar-refractivity contribution in [3.05, 3.63) is 0 Å². The van der Waals surface area contributed by atoms with Crippen molar-refractivity contribution in [3.63, 3.8) is 0 Å². The molecule has 3 nitrogen and oxygen atoms in total. The van der Waals surface area contributed by atoms with Crippen LogP contribution in [0.3, 0.4) is 0 Å². The van der Waals surface area contributed by atoms with Crippen LogP contribution in [0, 0.1) is 0 Å². The van der Waals surface area contributed by atoms with Gasteiger partial charge in [0.05, 0.1) is 6.61 Å². The van der Waals surface area contributed by atoms with E-state index >= 15 is 0 Å². The third kappa shape index (κ3) is 4.98. The van der Waals surface area contributed by atoms with Crippen molar-refractivity contribution in [1.82, 2.24) is 0 Å². The van der Waals surface area contributed by atoms with Gasteiger partial charge in [-0.05, 0) is 13.3 Å². The quantitative estimate of drug-likeness (QED) is 0.498. The number of aliphatic hydroxyl groups excluding tert-OH is 1. The maximum absolute atomic E-state index is 10.7. The van der Waals surface area contributed by atoms with Gasteiger partial charge in [0.25, 0.3) is 0 Å². The van der Waals surface area contributed by atoms with E-state index in [2.05, 4.69) is 0 Å². The molecule has 0 saturated heterocycles. The molecule has 0 aliphatic carbocycles. The standard InChI is InChI=1S/C6H15O3P/c1-3-4-5-9-10(8)6(2)7/h6-7,10H,3-5H2,1-2H3. The zero-order chi connectivity index (χ0) is 7.98. The van der Waals surface area contributed by atoms with Crippen molar-refractivity contribution in [3.8, 4) is 0 Å². The molecule has 0 radical (unpaired) electrons. The highest BCUT2D eigenvalue weighted by Gasteiger charge is 2.04. The summed E-state index contributed by atoms with van der Waals surface area (Å²) in [6, 6.07) is 0. The first-order valence-corrected chi connectivity index (χ1v) is 4.92. The third-order valence-electron chi connectivity index (χ3n) is 1.08. The Morgan fingerprint density at radius 3 is 2.70 bits per heavy atom. The maximum atomic E-state index is 10.7. The predicted octanol–water partition coefficient (Wildman–Crippen LogP) is 1.62. The highest BCUT2D eigenvalue weighted by molar-refractivity contribution is 7.39. The molecule has 0 spiro atoms. The smallest absolute Gasteiger partial charge is 0.218 e. The van der Waals surface area contributed by atoms with Gasteiger partial charge in [-0.15, -0.1) is 0 Å². The fraction of sp³-hybridized carbons (Fsp3) is 1.00. The molecule has 0 amide bonds. The number of aliphatic hydroxyl groups is 1. The largest absolute Gasteiger partial charge is 0.384 e. The van der Waals surface area contributed by atoms with E-state index in [0.717, 1.165) is 12.8 Å². The first-order valence-electron chi connectivity index (χ1n) is 3.53. The second kappa shape index (κ2) is 5.90. The molecule has 0 heterocycles. The molecular weight excluding hydrogens is 151 g/mol. The zero-order valence-electron chi connectivity index (χ0n) is 6.46. The minimum atomic E-state index is -2.17. The minimum absolute atomic E-state index is 0.499. The van der Waals surface area contributed by atoms with Gasteiger partial charge < -0.3 is 9.63 Å². The summed E-state index contributed by atoms with van der Waals surface area (Å²) in [4.78, 5) is 0. The summed E-state index contributed by atoms with van der Waals surface area (Å²) in [6.45, 7) is 4.01. The Kier molecular flexibility index (Phi) is 5.99. The lowest BCUT2D eigenvalue weighted by atomic mass is 10.4. The van der Waals surface area contributed by atoms with Gasteiger partial charge in [-0.3, -0.25) is 4.57 Å². The van der Waals surface area contributed by atoms with Crippen LogP contribution in [0.15, 0.2) is 0 Å². The molecule has 2 atom stereocenters. The van der Waals surface area contributed by atoms with Crippen molar-refractivity contribution < 1.29 is 14.2 Å². The zero-order valence-corrected chi connectivity index (χ0v) is 7.46. The maximum Gasteiger partial charge on any atom is 0.218 e. The van der Waals surface area contributed by atoms with Crippen LogP contribution in [-0.4, -0.2) is 17.6 Å². The van der Waals surface area contributed by atoms with Gasteiger partial charge in [0.2, 0.25) is 8.03 Å². The molecule has 0 bridgehead atoms. The van der Waals surface area contributed by atoms with E-state index in [-0.39, 0.29) is 0 Å². The Balaban J connectivity index is 3.22. The molecular formula is C6H15O3P. The Bertz CT molecular complexity index is 103. The van der Waals surface area contributed by atoms with E-state index in [0.29, 0.717) is 6.61 Å². The Hall–Kier alpha value is 0.150. The number of hydrogen-bond acceptors (Lipinski definition) is 3. The van der Waals surface area contributed by atoms with Gasteiger partial charge in [0.1, 0.15) is 5.85 Å². The topological polar surface area (TPSA) is 46.5 Å². The van der Waals surface area contributed by atoms with Crippen molar-refractivity contribution in [2.45, 2.75) is 32.5 Å². The van der Waals surface area contributed by atoms with Gasteiger partial charge in [-0.2, -0.15) is 0 Å². The average Bonchev–Trinajstić information content (AvgIpc) is 1.88. The summed E-state index contributed by atoms with van der Waals surface area (Å²) in [7, 11) is -2.17. The van der Waals surface area contributed by atoms with Crippen LogP contribution in [0.25, 0.3) is 0 Å². The summed E-state index contributed by atoms with van der Waals surface area (Å²) >= 11 is 0. The molecule has 0 fully saturated rings. The Morgan fingerprint density at radius 2 is 2.30 bits per heavy atom. The molecule has 0 saturated carbocycles. The van der Waals surface area contributed by atoms with Crippen LogP contribution in [0.2, 0.25) is 0 Å². The van der Waals surface area contributed by atoms with E-state index in [1.165, 1.54) is 6.92 Å². The molecule has 62 valence electrons. The summed E-state index contributed by atoms with van der Waals surface area (Å²) in [5.41, 5.74) is 0. The Labute approximate surface area is 62.3 Å². The van der Waals surface area contributed by atoms with Crippen LogP contribution in [0.1, 0.15) is 26.7 Å². The van der Waals surface area contributed by atoms with Gasteiger partial charge in [0, 0.05) is 0 Å². The van der Waals surface area contributed by atoms with Crippen molar-refractivity contribution in [2.24, 2.45) is 0 Å². The molecule has 1 N–H and O–H groups in total. The fourth-order valence-corrected chi connectivity index (χ4v) is 1.02. The lowest BCUT2D eigenvalue weighted by Gasteiger charge is -2.04. The molecule has 0 aliphatic rings. The first-order chi connectivity index (χ1) is 4.68. The van der Waals surface area contributed by atoms with Crippen molar-refractivity contribution in [1.29, 1.82) is 0 Å².